The predicted octanol–water partition coefficient (Wildman–Crippen LogP) is 3.81. The molecule has 0 fully saturated rings. The molecule has 0 aliphatic heterocycles. The van der Waals surface area contributed by atoms with Crippen LogP contribution in [0, 0.1) is 17.3 Å². The second-order valence-corrected chi connectivity index (χ2v) is 5.77. The van der Waals surface area contributed by atoms with Crippen LogP contribution in [0.2, 0.25) is 0 Å². The van der Waals surface area contributed by atoms with Crippen molar-refractivity contribution < 1.29 is 4.42 Å². The van der Waals surface area contributed by atoms with Gasteiger partial charge in [0.2, 0.25) is 0 Å². The maximum Gasteiger partial charge on any atom is 0.336 e. The number of rotatable bonds is 3. The first-order valence-electron chi connectivity index (χ1n) is 6.90. The molecular weight excluding hydrogens is 262 g/mol. The Hall–Kier alpha value is -2.47. The number of nitrogens with one attached hydrogen (secondary N) is 1. The standard InChI is InChI=1S/C18H19NO2/c1-18(2,3)12-5-4-6-13-19-15-8-7-9-16-14(15)10-11-17(20)21-16/h4,6-11,19H,13H2,1-3H3/b6-4+. The van der Waals surface area contributed by atoms with Crippen LogP contribution < -0.4 is 10.9 Å². The van der Waals surface area contributed by atoms with Crippen LogP contribution in [0.15, 0.2) is 51.7 Å². The van der Waals surface area contributed by atoms with Crippen LogP contribution in [0.4, 0.5) is 5.69 Å². The fourth-order valence-electron chi connectivity index (χ4n) is 1.80. The predicted molar refractivity (Wildman–Crippen MR) is 87.3 cm³/mol. The van der Waals surface area contributed by atoms with E-state index >= 15 is 0 Å². The van der Waals surface area contributed by atoms with Crippen molar-refractivity contribution in [3.63, 3.8) is 0 Å². The van der Waals surface area contributed by atoms with Crippen molar-refractivity contribution in [2.75, 3.05) is 11.9 Å². The summed E-state index contributed by atoms with van der Waals surface area (Å²) >= 11 is 0. The Morgan fingerprint density at radius 1 is 1.24 bits per heavy atom. The van der Waals surface area contributed by atoms with Crippen molar-refractivity contribution in [2.24, 2.45) is 5.41 Å². The molecule has 21 heavy (non-hydrogen) atoms. The molecule has 0 saturated carbocycles. The van der Waals surface area contributed by atoms with Crippen molar-refractivity contribution in [1.82, 2.24) is 0 Å². The lowest BCUT2D eigenvalue weighted by Gasteiger charge is -2.06. The zero-order valence-electron chi connectivity index (χ0n) is 12.6. The van der Waals surface area contributed by atoms with E-state index in [-0.39, 0.29) is 11.0 Å². The number of hydrogen-bond donors (Lipinski definition) is 1. The average Bonchev–Trinajstić information content (AvgIpc) is 2.41. The van der Waals surface area contributed by atoms with Gasteiger partial charge in [-0.25, -0.2) is 4.79 Å². The molecule has 0 radical (unpaired) electrons. The van der Waals surface area contributed by atoms with E-state index < -0.39 is 0 Å². The van der Waals surface area contributed by atoms with Crippen molar-refractivity contribution >= 4 is 16.7 Å². The van der Waals surface area contributed by atoms with E-state index in [9.17, 15) is 4.79 Å². The Morgan fingerprint density at radius 2 is 2.05 bits per heavy atom. The lowest BCUT2D eigenvalue weighted by molar-refractivity contribution is 0.561. The minimum Gasteiger partial charge on any atom is -0.423 e. The Balaban J connectivity index is 2.06. The summed E-state index contributed by atoms with van der Waals surface area (Å²) in [6.45, 7) is 6.90. The molecule has 0 atom stereocenters. The van der Waals surface area contributed by atoms with Gasteiger partial charge in [0.1, 0.15) is 5.58 Å². The van der Waals surface area contributed by atoms with Crippen molar-refractivity contribution in [3.8, 4) is 11.8 Å². The third-order valence-corrected chi connectivity index (χ3v) is 2.72. The van der Waals surface area contributed by atoms with Crippen molar-refractivity contribution in [2.45, 2.75) is 20.8 Å². The van der Waals surface area contributed by atoms with Gasteiger partial charge in [0.25, 0.3) is 0 Å². The fourth-order valence-corrected chi connectivity index (χ4v) is 1.80. The van der Waals surface area contributed by atoms with E-state index in [1.807, 2.05) is 24.3 Å². The largest absolute Gasteiger partial charge is 0.423 e. The quantitative estimate of drug-likeness (QED) is 0.687. The molecule has 0 saturated heterocycles. The maximum absolute atomic E-state index is 11.2. The monoisotopic (exact) mass is 281 g/mol. The molecule has 0 amide bonds. The number of benzene rings is 1. The van der Waals surface area contributed by atoms with Gasteiger partial charge >= 0.3 is 5.63 Å². The smallest absolute Gasteiger partial charge is 0.336 e. The number of fused-ring (bicyclic) bond motifs is 1. The molecule has 108 valence electrons. The minimum absolute atomic E-state index is 0.0188. The average molecular weight is 281 g/mol. The van der Waals surface area contributed by atoms with E-state index in [1.165, 1.54) is 6.07 Å². The lowest BCUT2D eigenvalue weighted by Crippen LogP contribution is -2.01. The van der Waals surface area contributed by atoms with E-state index in [1.54, 1.807) is 12.1 Å². The van der Waals surface area contributed by atoms with Crippen LogP contribution >= 0.6 is 0 Å². The van der Waals surface area contributed by atoms with Crippen molar-refractivity contribution in [3.05, 3.63) is 52.9 Å². The topological polar surface area (TPSA) is 42.2 Å². The molecule has 0 bridgehead atoms. The highest BCUT2D eigenvalue weighted by Crippen LogP contribution is 2.21. The lowest BCUT2D eigenvalue weighted by atomic mass is 9.98. The summed E-state index contributed by atoms with van der Waals surface area (Å²) in [5, 5.41) is 4.18. The SMILES string of the molecule is CC(C)(C)C#C/C=C/CNc1cccc2oc(=O)ccc12. The second kappa shape index (κ2) is 6.32. The molecular formula is C18H19NO2. The third-order valence-electron chi connectivity index (χ3n) is 2.72. The first-order valence-corrected chi connectivity index (χ1v) is 6.90. The molecule has 0 aliphatic rings. The molecule has 0 unspecified atom stereocenters. The molecule has 3 nitrogen and oxygen atoms in total. The molecule has 1 aromatic carbocycles. The first kappa shape index (κ1) is 14.9. The Kier molecular flexibility index (Phi) is 4.49. The molecule has 1 heterocycles. The molecule has 0 spiro atoms. The van der Waals surface area contributed by atoms with Crippen LogP contribution in [0.1, 0.15) is 20.8 Å². The summed E-state index contributed by atoms with van der Waals surface area (Å²) in [5.74, 6) is 6.17. The summed E-state index contributed by atoms with van der Waals surface area (Å²) in [5.41, 5.74) is 1.20. The number of allylic oxidation sites excluding steroid dienone is 1. The van der Waals surface area contributed by atoms with Gasteiger partial charge in [0.15, 0.2) is 0 Å². The maximum atomic E-state index is 11.2. The van der Waals surface area contributed by atoms with Gasteiger partial charge in [-0.3, -0.25) is 0 Å². The summed E-state index contributed by atoms with van der Waals surface area (Å²) in [4.78, 5) is 11.2. The van der Waals surface area contributed by atoms with Gasteiger partial charge in [-0.2, -0.15) is 0 Å². The molecule has 1 N–H and O–H groups in total. The van der Waals surface area contributed by atoms with E-state index in [4.69, 9.17) is 4.42 Å². The third kappa shape index (κ3) is 4.54. The second-order valence-electron chi connectivity index (χ2n) is 5.77. The molecule has 1 aromatic heterocycles. The van der Waals surface area contributed by atoms with E-state index in [2.05, 4.69) is 37.9 Å². The summed E-state index contributed by atoms with van der Waals surface area (Å²) in [7, 11) is 0. The minimum atomic E-state index is -0.336. The van der Waals surface area contributed by atoms with E-state index in [0.717, 1.165) is 11.1 Å². The fraction of sp³-hybridized carbons (Fsp3) is 0.278. The van der Waals surface area contributed by atoms with E-state index in [0.29, 0.717) is 12.1 Å². The van der Waals surface area contributed by atoms with Crippen LogP contribution in [0.3, 0.4) is 0 Å². The van der Waals surface area contributed by atoms with Crippen molar-refractivity contribution in [1.29, 1.82) is 0 Å². The first-order chi connectivity index (χ1) is 9.96. The van der Waals surface area contributed by atoms with Crippen LogP contribution in [-0.4, -0.2) is 6.54 Å². The normalized spacial score (nSPS) is 11.4. The number of anilines is 1. The molecule has 2 aromatic rings. The van der Waals surface area contributed by atoms with Gasteiger partial charge in [0.05, 0.1) is 0 Å². The zero-order chi connectivity index (χ0) is 15.3. The Morgan fingerprint density at radius 3 is 2.81 bits per heavy atom. The molecule has 2 rings (SSSR count). The van der Waals surface area contributed by atoms with Gasteiger partial charge in [0, 0.05) is 29.1 Å². The summed E-state index contributed by atoms with van der Waals surface area (Å²) < 4.78 is 5.15. The van der Waals surface area contributed by atoms with Crippen LogP contribution in [0.25, 0.3) is 11.0 Å². The number of hydrogen-bond acceptors (Lipinski definition) is 3. The highest BCUT2D eigenvalue weighted by molar-refractivity contribution is 5.89. The highest BCUT2D eigenvalue weighted by atomic mass is 16.4. The Labute approximate surface area is 124 Å². The summed E-state index contributed by atoms with van der Waals surface area (Å²) in [6.07, 6.45) is 3.82. The molecule has 3 heteroatoms. The van der Waals surface area contributed by atoms with Gasteiger partial charge < -0.3 is 9.73 Å². The van der Waals surface area contributed by atoms with Crippen LogP contribution in [0.5, 0.6) is 0 Å². The van der Waals surface area contributed by atoms with Gasteiger partial charge in [-0.05, 0) is 45.0 Å². The zero-order valence-corrected chi connectivity index (χ0v) is 12.6. The highest BCUT2D eigenvalue weighted by Gasteiger charge is 2.02. The molecule has 0 aliphatic carbocycles. The van der Waals surface area contributed by atoms with Gasteiger partial charge in [-0.1, -0.05) is 24.0 Å². The van der Waals surface area contributed by atoms with Gasteiger partial charge in [-0.15, -0.1) is 0 Å². The Bertz CT molecular complexity index is 767. The summed E-state index contributed by atoms with van der Waals surface area (Å²) in [6, 6.07) is 8.80. The van der Waals surface area contributed by atoms with Crippen LogP contribution in [-0.2, 0) is 0 Å².